The van der Waals surface area contributed by atoms with E-state index < -0.39 is 9.73 Å². The summed E-state index contributed by atoms with van der Waals surface area (Å²) >= 11 is 1.40. The third-order valence-corrected chi connectivity index (χ3v) is 5.63. The van der Waals surface area contributed by atoms with Crippen LogP contribution in [0.5, 0.6) is 0 Å². The van der Waals surface area contributed by atoms with Gasteiger partial charge in [0.25, 0.3) is 0 Å². The van der Waals surface area contributed by atoms with Gasteiger partial charge in [0.2, 0.25) is 0 Å². The SMILES string of the molecule is CSC1=NC(c2ccccc2)=CS(=O)(c2ccccc2)=N1. The second-order valence-corrected chi connectivity index (χ2v) is 7.24. The van der Waals surface area contributed by atoms with Crippen molar-refractivity contribution in [3.63, 3.8) is 0 Å². The zero-order valence-electron chi connectivity index (χ0n) is 11.5. The maximum Gasteiger partial charge on any atom is 0.197 e. The van der Waals surface area contributed by atoms with Gasteiger partial charge >= 0.3 is 0 Å². The molecule has 0 spiro atoms. The first kappa shape index (κ1) is 14.1. The van der Waals surface area contributed by atoms with Gasteiger partial charge in [-0.05, 0) is 18.4 Å². The van der Waals surface area contributed by atoms with E-state index in [0.717, 1.165) is 5.56 Å². The summed E-state index contributed by atoms with van der Waals surface area (Å²) in [6.45, 7) is 0. The Hall–Kier alpha value is -1.85. The molecule has 0 bridgehead atoms. The number of hydrogen-bond acceptors (Lipinski definition) is 4. The zero-order valence-corrected chi connectivity index (χ0v) is 13.1. The average Bonchev–Trinajstić information content (AvgIpc) is 2.56. The lowest BCUT2D eigenvalue weighted by Crippen LogP contribution is -2.06. The quantitative estimate of drug-likeness (QED) is 0.832. The van der Waals surface area contributed by atoms with Crippen LogP contribution in [0.15, 0.2) is 80.3 Å². The first-order chi connectivity index (χ1) is 10.2. The van der Waals surface area contributed by atoms with Crippen molar-refractivity contribution in [1.82, 2.24) is 0 Å². The number of rotatable bonds is 2. The number of aliphatic imine (C=N–C) groups is 1. The van der Waals surface area contributed by atoms with Gasteiger partial charge in [-0.3, -0.25) is 0 Å². The van der Waals surface area contributed by atoms with E-state index in [1.807, 2.05) is 66.9 Å². The molecule has 0 saturated carbocycles. The Labute approximate surface area is 129 Å². The molecule has 1 aliphatic rings. The van der Waals surface area contributed by atoms with Crippen molar-refractivity contribution in [3.05, 3.63) is 71.6 Å². The first-order valence-corrected chi connectivity index (χ1v) is 9.24. The monoisotopic (exact) mass is 314 g/mol. The van der Waals surface area contributed by atoms with E-state index in [1.54, 1.807) is 5.41 Å². The van der Waals surface area contributed by atoms with Gasteiger partial charge < -0.3 is 0 Å². The van der Waals surface area contributed by atoms with Crippen LogP contribution in [0.4, 0.5) is 0 Å². The molecule has 0 fully saturated rings. The fourth-order valence-corrected chi connectivity index (χ4v) is 4.43. The summed E-state index contributed by atoms with van der Waals surface area (Å²) < 4.78 is 17.6. The molecule has 0 aromatic heterocycles. The van der Waals surface area contributed by atoms with Crippen LogP contribution >= 0.6 is 11.8 Å². The molecule has 21 heavy (non-hydrogen) atoms. The molecule has 0 N–H and O–H groups in total. The van der Waals surface area contributed by atoms with Crippen LogP contribution in [-0.4, -0.2) is 15.6 Å². The molecule has 1 aliphatic heterocycles. The molecule has 0 aliphatic carbocycles. The average molecular weight is 314 g/mol. The van der Waals surface area contributed by atoms with Crippen LogP contribution in [0.25, 0.3) is 5.70 Å². The van der Waals surface area contributed by atoms with Crippen LogP contribution in [0, 0.1) is 0 Å². The van der Waals surface area contributed by atoms with Crippen molar-refractivity contribution in [2.45, 2.75) is 4.90 Å². The summed E-state index contributed by atoms with van der Waals surface area (Å²) in [6.07, 6.45) is 1.89. The van der Waals surface area contributed by atoms with E-state index in [9.17, 15) is 4.21 Å². The van der Waals surface area contributed by atoms with E-state index in [1.165, 1.54) is 11.8 Å². The predicted octanol–water partition coefficient (Wildman–Crippen LogP) is 4.24. The highest BCUT2D eigenvalue weighted by molar-refractivity contribution is 8.14. The number of nitrogens with zero attached hydrogens (tertiary/aromatic N) is 2. The Kier molecular flexibility index (Phi) is 3.94. The standard InChI is InChI=1S/C16H14N2OS2/c1-20-16-17-15(13-8-4-2-5-9-13)12-21(19,18-16)14-10-6-3-7-11-14/h2-12H,1H3. The lowest BCUT2D eigenvalue weighted by Gasteiger charge is -2.13. The normalized spacial score (nSPS) is 21.2. The highest BCUT2D eigenvalue weighted by Crippen LogP contribution is 2.28. The molecule has 0 amide bonds. The summed E-state index contributed by atoms with van der Waals surface area (Å²) in [5.41, 5.74) is 1.66. The van der Waals surface area contributed by atoms with Crippen LogP contribution < -0.4 is 0 Å². The Morgan fingerprint density at radius 2 is 1.57 bits per heavy atom. The molecule has 5 heteroatoms. The molecule has 0 saturated heterocycles. The van der Waals surface area contributed by atoms with E-state index >= 15 is 0 Å². The van der Waals surface area contributed by atoms with Crippen molar-refractivity contribution >= 4 is 32.4 Å². The molecule has 106 valence electrons. The number of hydrogen-bond donors (Lipinski definition) is 0. The highest BCUT2D eigenvalue weighted by Gasteiger charge is 2.18. The minimum absolute atomic E-state index is 0.546. The molecular weight excluding hydrogens is 300 g/mol. The molecule has 0 radical (unpaired) electrons. The zero-order chi connectivity index (χ0) is 14.7. The van der Waals surface area contributed by atoms with E-state index in [4.69, 9.17) is 0 Å². The van der Waals surface area contributed by atoms with Gasteiger partial charge in [-0.25, -0.2) is 9.20 Å². The fourth-order valence-electron chi connectivity index (χ4n) is 2.00. The van der Waals surface area contributed by atoms with E-state index in [-0.39, 0.29) is 0 Å². The largest absolute Gasteiger partial charge is 0.240 e. The van der Waals surface area contributed by atoms with Crippen molar-refractivity contribution in [2.24, 2.45) is 9.36 Å². The summed E-state index contributed by atoms with van der Waals surface area (Å²) in [6, 6.07) is 19.1. The van der Waals surface area contributed by atoms with Crippen LogP contribution in [0.2, 0.25) is 0 Å². The number of amidine groups is 1. The van der Waals surface area contributed by atoms with Gasteiger partial charge in [0.1, 0.15) is 9.73 Å². The van der Waals surface area contributed by atoms with Crippen molar-refractivity contribution < 1.29 is 4.21 Å². The topological polar surface area (TPSA) is 41.8 Å². The second kappa shape index (κ2) is 5.87. The van der Waals surface area contributed by atoms with E-state index in [2.05, 4.69) is 9.36 Å². The number of thioether (sulfide) groups is 1. The van der Waals surface area contributed by atoms with Gasteiger partial charge in [-0.15, -0.1) is 0 Å². The summed E-state index contributed by atoms with van der Waals surface area (Å²) in [4.78, 5) is 5.19. The summed E-state index contributed by atoms with van der Waals surface area (Å²) in [7, 11) is -2.62. The Bertz CT molecular complexity index is 818. The smallest absolute Gasteiger partial charge is 0.197 e. The molecule has 3 rings (SSSR count). The Morgan fingerprint density at radius 3 is 2.19 bits per heavy atom. The maximum atomic E-state index is 13.2. The first-order valence-electron chi connectivity index (χ1n) is 6.43. The molecule has 2 aromatic carbocycles. The molecular formula is C16H14N2OS2. The van der Waals surface area contributed by atoms with Crippen molar-refractivity contribution in [2.75, 3.05) is 6.26 Å². The van der Waals surface area contributed by atoms with Crippen molar-refractivity contribution in [1.29, 1.82) is 0 Å². The second-order valence-electron chi connectivity index (χ2n) is 4.44. The summed E-state index contributed by atoms with van der Waals surface area (Å²) in [5.74, 6) is 0. The third-order valence-electron chi connectivity index (χ3n) is 3.03. The van der Waals surface area contributed by atoms with Crippen LogP contribution in [-0.2, 0) is 9.73 Å². The fraction of sp³-hybridized carbons (Fsp3) is 0.0625. The lowest BCUT2D eigenvalue weighted by atomic mass is 10.2. The molecule has 1 unspecified atom stereocenters. The molecule has 2 aromatic rings. The third kappa shape index (κ3) is 2.94. The molecule has 3 nitrogen and oxygen atoms in total. The number of benzene rings is 2. The Balaban J connectivity index is 2.19. The maximum absolute atomic E-state index is 13.2. The van der Waals surface area contributed by atoms with Gasteiger partial charge in [0.15, 0.2) is 5.17 Å². The van der Waals surface area contributed by atoms with Gasteiger partial charge in [0, 0.05) is 11.0 Å². The predicted molar refractivity (Wildman–Crippen MR) is 90.6 cm³/mol. The minimum atomic E-state index is -2.62. The Morgan fingerprint density at radius 1 is 0.952 bits per heavy atom. The van der Waals surface area contributed by atoms with Crippen LogP contribution in [0.3, 0.4) is 0 Å². The van der Waals surface area contributed by atoms with Gasteiger partial charge in [-0.2, -0.15) is 4.36 Å². The molecule has 1 heterocycles. The summed E-state index contributed by atoms with van der Waals surface area (Å²) in [5, 5.41) is 2.22. The molecule has 1 atom stereocenters. The minimum Gasteiger partial charge on any atom is -0.240 e. The highest BCUT2D eigenvalue weighted by atomic mass is 32.2. The van der Waals surface area contributed by atoms with Gasteiger partial charge in [0.05, 0.1) is 10.6 Å². The van der Waals surface area contributed by atoms with E-state index in [0.29, 0.717) is 15.8 Å². The van der Waals surface area contributed by atoms with Crippen molar-refractivity contribution in [3.8, 4) is 0 Å². The van der Waals surface area contributed by atoms with Gasteiger partial charge in [-0.1, -0.05) is 60.3 Å². The van der Waals surface area contributed by atoms with Crippen LogP contribution in [0.1, 0.15) is 5.56 Å². The lowest BCUT2D eigenvalue weighted by molar-refractivity contribution is 0.683.